The number of carbonyl (C=O) groups is 2. The molecule has 31 heavy (non-hydrogen) atoms. The second kappa shape index (κ2) is 9.24. The average molecular weight is 455 g/mol. The molecule has 0 aliphatic carbocycles. The highest BCUT2D eigenvalue weighted by atomic mass is 35.5. The zero-order valence-electron chi connectivity index (χ0n) is 17.4. The van der Waals surface area contributed by atoms with E-state index in [0.717, 1.165) is 29.8 Å². The van der Waals surface area contributed by atoms with Gasteiger partial charge in [-0.15, -0.1) is 10.2 Å². The molecule has 0 spiro atoms. The lowest BCUT2D eigenvalue weighted by Crippen LogP contribution is -2.41. The summed E-state index contributed by atoms with van der Waals surface area (Å²) in [6.07, 6.45) is 2.35. The summed E-state index contributed by atoms with van der Waals surface area (Å²) in [6.45, 7) is 2.46. The van der Waals surface area contributed by atoms with Gasteiger partial charge in [-0.25, -0.2) is 0 Å². The number of nitrogens with zero attached hydrogens (tertiary/aromatic N) is 4. The van der Waals surface area contributed by atoms with Crippen LogP contribution < -0.4 is 0 Å². The largest absolute Gasteiger partial charge is 0.305 e. The van der Waals surface area contributed by atoms with E-state index in [-0.39, 0.29) is 17.1 Å². The van der Waals surface area contributed by atoms with Crippen LogP contribution in [0.2, 0.25) is 5.02 Å². The van der Waals surface area contributed by atoms with Crippen LogP contribution in [0.3, 0.4) is 0 Å². The Morgan fingerprint density at radius 2 is 1.90 bits per heavy atom. The summed E-state index contributed by atoms with van der Waals surface area (Å²) >= 11 is 7.31. The van der Waals surface area contributed by atoms with Crippen LogP contribution in [0.4, 0.5) is 0 Å². The van der Waals surface area contributed by atoms with Gasteiger partial charge in [0.15, 0.2) is 11.0 Å². The number of halogens is 1. The molecule has 2 aromatic carbocycles. The van der Waals surface area contributed by atoms with E-state index in [1.807, 2.05) is 36.7 Å². The molecule has 1 atom stereocenters. The Hall–Kier alpha value is -2.64. The fraction of sp³-hybridized carbons (Fsp3) is 0.304. The van der Waals surface area contributed by atoms with Gasteiger partial charge in [-0.1, -0.05) is 53.5 Å². The first-order valence-corrected chi connectivity index (χ1v) is 11.4. The number of imide groups is 1. The second-order valence-electron chi connectivity index (χ2n) is 7.64. The maximum atomic E-state index is 13.3. The van der Waals surface area contributed by atoms with Crippen molar-refractivity contribution < 1.29 is 9.59 Å². The molecule has 3 aromatic rings. The van der Waals surface area contributed by atoms with E-state index >= 15 is 0 Å². The Bertz CT molecular complexity index is 1110. The number of hydrogen-bond acceptors (Lipinski definition) is 5. The minimum Gasteiger partial charge on any atom is -0.305 e. The molecule has 160 valence electrons. The number of aryl methyl sites for hydroxylation is 1. The summed E-state index contributed by atoms with van der Waals surface area (Å²) in [5.74, 6) is 0.288. The summed E-state index contributed by atoms with van der Waals surface area (Å²) in [5.41, 5.74) is 2.59. The zero-order valence-corrected chi connectivity index (χ0v) is 19.0. The van der Waals surface area contributed by atoms with E-state index in [1.54, 1.807) is 24.3 Å². The molecule has 1 fully saturated rings. The molecule has 2 amide bonds. The van der Waals surface area contributed by atoms with Crippen molar-refractivity contribution in [2.45, 2.75) is 36.6 Å². The Morgan fingerprint density at radius 3 is 2.65 bits per heavy atom. The predicted molar refractivity (Wildman–Crippen MR) is 122 cm³/mol. The van der Waals surface area contributed by atoms with Crippen molar-refractivity contribution in [3.63, 3.8) is 0 Å². The molecule has 1 unspecified atom stereocenters. The number of benzene rings is 2. The zero-order chi connectivity index (χ0) is 22.0. The van der Waals surface area contributed by atoms with E-state index in [4.69, 9.17) is 11.6 Å². The number of carbonyl (C=O) groups excluding carboxylic acids is 2. The highest BCUT2D eigenvalue weighted by Crippen LogP contribution is 2.31. The number of amides is 2. The van der Waals surface area contributed by atoms with E-state index < -0.39 is 0 Å². The van der Waals surface area contributed by atoms with Gasteiger partial charge in [-0.3, -0.25) is 14.5 Å². The Balaban J connectivity index is 1.55. The van der Waals surface area contributed by atoms with Crippen molar-refractivity contribution in [2.24, 2.45) is 7.05 Å². The van der Waals surface area contributed by atoms with Crippen LogP contribution >= 0.6 is 23.4 Å². The van der Waals surface area contributed by atoms with Crippen molar-refractivity contribution in [3.05, 3.63) is 64.7 Å². The number of hydrogen-bond donors (Lipinski definition) is 0. The summed E-state index contributed by atoms with van der Waals surface area (Å²) in [5, 5.41) is 9.50. The lowest BCUT2D eigenvalue weighted by Gasteiger charge is -2.22. The molecule has 0 N–H and O–H groups in total. The van der Waals surface area contributed by atoms with Crippen molar-refractivity contribution in [1.82, 2.24) is 19.7 Å². The van der Waals surface area contributed by atoms with Crippen LogP contribution in [0.25, 0.3) is 11.4 Å². The first-order valence-electron chi connectivity index (χ1n) is 10.2. The molecule has 4 rings (SSSR count). The van der Waals surface area contributed by atoms with Crippen molar-refractivity contribution in [1.29, 1.82) is 0 Å². The van der Waals surface area contributed by atoms with Crippen molar-refractivity contribution in [3.8, 4) is 11.4 Å². The summed E-state index contributed by atoms with van der Waals surface area (Å²) in [4.78, 5) is 27.6. The lowest BCUT2D eigenvalue weighted by molar-refractivity contribution is -0.127. The van der Waals surface area contributed by atoms with Gasteiger partial charge >= 0.3 is 0 Å². The summed E-state index contributed by atoms with van der Waals surface area (Å²) in [7, 11) is 1.90. The number of rotatable bonds is 4. The van der Waals surface area contributed by atoms with E-state index in [9.17, 15) is 9.59 Å². The first-order chi connectivity index (χ1) is 14.9. The minimum atomic E-state index is -0.382. The van der Waals surface area contributed by atoms with Gasteiger partial charge in [-0.05, 0) is 50.1 Å². The fourth-order valence-electron chi connectivity index (χ4n) is 3.65. The van der Waals surface area contributed by atoms with Crippen molar-refractivity contribution >= 4 is 35.2 Å². The Morgan fingerprint density at radius 1 is 1.13 bits per heavy atom. The third kappa shape index (κ3) is 4.67. The number of likely N-dealkylation sites (tertiary alicyclic amines) is 1. The second-order valence-corrected chi connectivity index (χ2v) is 9.25. The van der Waals surface area contributed by atoms with Gasteiger partial charge in [0.2, 0.25) is 5.91 Å². The van der Waals surface area contributed by atoms with Crippen LogP contribution in [0.1, 0.15) is 35.2 Å². The van der Waals surface area contributed by atoms with Crippen LogP contribution in [-0.2, 0) is 11.8 Å². The highest BCUT2D eigenvalue weighted by Gasteiger charge is 2.33. The Labute approximate surface area is 190 Å². The standard InChI is InChI=1S/C23H23ClN4O2S/c1-15-6-5-7-17(14-15)20-25-26-23(27(20)2)31-19-8-3-4-13-28(22(19)30)21(29)16-9-11-18(24)12-10-16/h5-7,9-12,14,19H,3-4,8,13H2,1-2H3. The Kier molecular flexibility index (Phi) is 6.43. The topological polar surface area (TPSA) is 68.1 Å². The van der Waals surface area contributed by atoms with Gasteiger partial charge in [-0.2, -0.15) is 0 Å². The molecule has 1 saturated heterocycles. The van der Waals surface area contributed by atoms with Gasteiger partial charge in [0.1, 0.15) is 0 Å². The van der Waals surface area contributed by atoms with E-state index in [2.05, 4.69) is 16.3 Å². The molecule has 6 nitrogen and oxygen atoms in total. The smallest absolute Gasteiger partial charge is 0.260 e. The average Bonchev–Trinajstić information content (AvgIpc) is 3.02. The quantitative estimate of drug-likeness (QED) is 0.532. The van der Waals surface area contributed by atoms with E-state index in [1.165, 1.54) is 16.7 Å². The van der Waals surface area contributed by atoms with Crippen LogP contribution in [-0.4, -0.2) is 43.3 Å². The first kappa shape index (κ1) is 21.6. The third-order valence-electron chi connectivity index (χ3n) is 5.33. The number of thioether (sulfide) groups is 1. The molecular formula is C23H23ClN4O2S. The molecule has 0 radical (unpaired) electrons. The normalized spacial score (nSPS) is 16.9. The molecule has 2 heterocycles. The molecular weight excluding hydrogens is 432 g/mol. The lowest BCUT2D eigenvalue weighted by atomic mass is 10.1. The van der Waals surface area contributed by atoms with Gasteiger partial charge < -0.3 is 4.57 Å². The maximum Gasteiger partial charge on any atom is 0.260 e. The van der Waals surface area contributed by atoms with E-state index in [0.29, 0.717) is 28.7 Å². The van der Waals surface area contributed by atoms with Crippen LogP contribution in [0.15, 0.2) is 53.7 Å². The minimum absolute atomic E-state index is 0.178. The molecule has 1 aromatic heterocycles. The van der Waals surface area contributed by atoms with Gasteiger partial charge in [0.25, 0.3) is 5.91 Å². The molecule has 1 aliphatic rings. The SMILES string of the molecule is Cc1cccc(-c2nnc(SC3CCCCN(C(=O)c4ccc(Cl)cc4)C3=O)n2C)c1. The monoisotopic (exact) mass is 454 g/mol. The molecule has 0 bridgehead atoms. The predicted octanol–water partition coefficient (Wildman–Crippen LogP) is 4.76. The van der Waals surface area contributed by atoms with Crippen LogP contribution in [0, 0.1) is 6.92 Å². The fourth-order valence-corrected chi connectivity index (χ4v) is 4.87. The van der Waals surface area contributed by atoms with Gasteiger partial charge in [0, 0.05) is 29.7 Å². The van der Waals surface area contributed by atoms with Gasteiger partial charge in [0.05, 0.1) is 5.25 Å². The summed E-state index contributed by atoms with van der Waals surface area (Å²) < 4.78 is 1.91. The molecule has 0 saturated carbocycles. The van der Waals surface area contributed by atoms with Crippen molar-refractivity contribution in [2.75, 3.05) is 6.54 Å². The molecule has 1 aliphatic heterocycles. The summed E-state index contributed by atoms with van der Waals surface area (Å²) in [6, 6.07) is 14.7. The van der Waals surface area contributed by atoms with Crippen LogP contribution in [0.5, 0.6) is 0 Å². The molecule has 8 heteroatoms. The third-order valence-corrected chi connectivity index (χ3v) is 6.87. The highest BCUT2D eigenvalue weighted by molar-refractivity contribution is 8.00. The maximum absolute atomic E-state index is 13.3. The number of aromatic nitrogens is 3.